The number of nitrogens with zero attached hydrogens (tertiary/aromatic N) is 3. The molecule has 0 saturated carbocycles. The molecule has 30 heavy (non-hydrogen) atoms. The molecule has 1 saturated heterocycles. The summed E-state index contributed by atoms with van der Waals surface area (Å²) in [5, 5.41) is 0. The zero-order valence-corrected chi connectivity index (χ0v) is 17.5. The van der Waals surface area contributed by atoms with Crippen LogP contribution in [-0.4, -0.2) is 35.4 Å². The average molecular weight is 435 g/mol. The smallest absolute Gasteiger partial charge is 0.243 e. The van der Waals surface area contributed by atoms with E-state index in [9.17, 15) is 17.2 Å². The molecular formula is C21H23F2N3O3S. The second-order valence-corrected chi connectivity index (χ2v) is 9.19. The summed E-state index contributed by atoms with van der Waals surface area (Å²) < 4.78 is 61.7. The Balaban J connectivity index is 1.63. The zero-order chi connectivity index (χ0) is 21.3. The van der Waals surface area contributed by atoms with E-state index >= 15 is 0 Å². The van der Waals surface area contributed by atoms with Crippen molar-refractivity contribution in [1.82, 2.24) is 13.9 Å². The van der Waals surface area contributed by atoms with Gasteiger partial charge >= 0.3 is 0 Å². The van der Waals surface area contributed by atoms with Gasteiger partial charge < -0.3 is 9.30 Å². The summed E-state index contributed by atoms with van der Waals surface area (Å²) in [5.41, 5.74) is 1.31. The van der Waals surface area contributed by atoms with Gasteiger partial charge in [-0.3, -0.25) is 0 Å². The summed E-state index contributed by atoms with van der Waals surface area (Å²) >= 11 is 0. The molecule has 0 bridgehead atoms. The molecule has 0 unspecified atom stereocenters. The van der Waals surface area contributed by atoms with Crippen LogP contribution in [0.15, 0.2) is 41.3 Å². The van der Waals surface area contributed by atoms with Gasteiger partial charge in [0.1, 0.15) is 18.2 Å². The molecule has 4 rings (SSSR count). The third-order valence-corrected chi connectivity index (χ3v) is 7.21. The summed E-state index contributed by atoms with van der Waals surface area (Å²) in [7, 11) is -3.56. The van der Waals surface area contributed by atoms with Crippen LogP contribution >= 0.6 is 0 Å². The summed E-state index contributed by atoms with van der Waals surface area (Å²) in [6.07, 6.45) is 2.78. The highest BCUT2D eigenvalue weighted by Crippen LogP contribution is 2.26. The van der Waals surface area contributed by atoms with Crippen LogP contribution in [-0.2, 0) is 23.2 Å². The summed E-state index contributed by atoms with van der Waals surface area (Å²) in [6.45, 7) is 3.55. The molecule has 0 N–H and O–H groups in total. The van der Waals surface area contributed by atoms with E-state index in [1.165, 1.54) is 10.4 Å². The second kappa shape index (κ2) is 8.31. The normalized spacial score (nSPS) is 15.6. The van der Waals surface area contributed by atoms with Crippen LogP contribution in [0.5, 0.6) is 5.75 Å². The van der Waals surface area contributed by atoms with Crippen molar-refractivity contribution in [2.75, 3.05) is 13.1 Å². The molecule has 160 valence electrons. The lowest BCUT2D eigenvalue weighted by atomic mass is 10.2. The lowest BCUT2D eigenvalue weighted by Gasteiger charge is -2.25. The van der Waals surface area contributed by atoms with Gasteiger partial charge in [-0.15, -0.1) is 0 Å². The first-order chi connectivity index (χ1) is 14.4. The van der Waals surface area contributed by atoms with E-state index in [-0.39, 0.29) is 17.3 Å². The monoisotopic (exact) mass is 435 g/mol. The number of halogens is 2. The van der Waals surface area contributed by atoms with Crippen molar-refractivity contribution in [3.63, 3.8) is 0 Å². The number of sulfonamides is 1. The van der Waals surface area contributed by atoms with Crippen molar-refractivity contribution in [2.45, 2.75) is 44.2 Å². The molecule has 1 fully saturated rings. The van der Waals surface area contributed by atoms with Crippen molar-refractivity contribution in [3.8, 4) is 5.75 Å². The molecule has 1 aliphatic rings. The first kappa shape index (κ1) is 20.7. The summed E-state index contributed by atoms with van der Waals surface area (Å²) in [5.74, 6) is -1.00. The number of rotatable bonds is 6. The van der Waals surface area contributed by atoms with E-state index in [4.69, 9.17) is 4.74 Å². The molecule has 3 aromatic rings. The van der Waals surface area contributed by atoms with E-state index in [0.717, 1.165) is 36.9 Å². The van der Waals surface area contributed by atoms with E-state index in [1.54, 1.807) is 18.2 Å². The molecule has 1 aromatic heterocycles. The maximum Gasteiger partial charge on any atom is 0.243 e. The third kappa shape index (κ3) is 3.91. The zero-order valence-electron chi connectivity index (χ0n) is 16.6. The number of fused-ring (bicyclic) bond motifs is 1. The van der Waals surface area contributed by atoms with Crippen LogP contribution in [0.25, 0.3) is 11.0 Å². The molecule has 2 aromatic carbocycles. The van der Waals surface area contributed by atoms with Gasteiger partial charge in [0.15, 0.2) is 11.6 Å². The van der Waals surface area contributed by atoms with Gasteiger partial charge in [0.05, 0.1) is 15.9 Å². The van der Waals surface area contributed by atoms with E-state index in [2.05, 4.69) is 4.98 Å². The van der Waals surface area contributed by atoms with Gasteiger partial charge in [-0.2, -0.15) is 4.31 Å². The Morgan fingerprint density at radius 2 is 1.83 bits per heavy atom. The van der Waals surface area contributed by atoms with Crippen molar-refractivity contribution >= 4 is 21.1 Å². The topological polar surface area (TPSA) is 64.4 Å². The Labute approximate surface area is 174 Å². The molecule has 0 aliphatic carbocycles. The molecule has 0 amide bonds. The number of ether oxygens (including phenoxy) is 1. The fourth-order valence-electron chi connectivity index (χ4n) is 3.77. The first-order valence-corrected chi connectivity index (χ1v) is 11.4. The van der Waals surface area contributed by atoms with Crippen LogP contribution in [0.4, 0.5) is 8.78 Å². The molecular weight excluding hydrogens is 412 g/mol. The van der Waals surface area contributed by atoms with Gasteiger partial charge in [0.25, 0.3) is 0 Å². The maximum atomic E-state index is 13.8. The van der Waals surface area contributed by atoms with Gasteiger partial charge in [-0.25, -0.2) is 22.2 Å². The number of hydrogen-bond donors (Lipinski definition) is 0. The fraction of sp³-hybridized carbons (Fsp3) is 0.381. The number of hydrogen-bond acceptors (Lipinski definition) is 4. The van der Waals surface area contributed by atoms with Crippen molar-refractivity contribution in [2.24, 2.45) is 0 Å². The Hall–Kier alpha value is -2.52. The fourth-order valence-corrected chi connectivity index (χ4v) is 5.31. The molecule has 0 atom stereocenters. The number of aryl methyl sites for hydroxylation is 1. The largest absolute Gasteiger partial charge is 0.483 e. The van der Waals surface area contributed by atoms with Gasteiger partial charge in [-0.1, -0.05) is 6.42 Å². The van der Waals surface area contributed by atoms with Crippen molar-refractivity contribution < 1.29 is 21.9 Å². The first-order valence-electron chi connectivity index (χ1n) is 9.97. The molecule has 6 nitrogen and oxygen atoms in total. The SMILES string of the molecule is CCn1c(COc2ccc(F)cc2F)nc2cc(S(=O)(=O)N3CCCCC3)ccc21. The van der Waals surface area contributed by atoms with Crippen LogP contribution < -0.4 is 4.74 Å². The number of imidazole rings is 1. The predicted octanol–water partition coefficient (Wildman–Crippen LogP) is 4.09. The highest BCUT2D eigenvalue weighted by Gasteiger charge is 2.26. The number of aromatic nitrogens is 2. The van der Waals surface area contributed by atoms with Crippen LogP contribution in [0.1, 0.15) is 32.0 Å². The van der Waals surface area contributed by atoms with Crippen LogP contribution in [0.3, 0.4) is 0 Å². The maximum absolute atomic E-state index is 13.8. The van der Waals surface area contributed by atoms with Crippen molar-refractivity contribution in [1.29, 1.82) is 0 Å². The predicted molar refractivity (Wildman–Crippen MR) is 109 cm³/mol. The quantitative estimate of drug-likeness (QED) is 0.585. The lowest BCUT2D eigenvalue weighted by Crippen LogP contribution is -2.35. The molecule has 0 spiro atoms. The molecule has 1 aliphatic heterocycles. The van der Waals surface area contributed by atoms with Gasteiger partial charge in [0, 0.05) is 25.7 Å². The Morgan fingerprint density at radius 3 is 2.53 bits per heavy atom. The number of piperidine rings is 1. The highest BCUT2D eigenvalue weighted by molar-refractivity contribution is 7.89. The minimum Gasteiger partial charge on any atom is -0.483 e. The van der Waals surface area contributed by atoms with Crippen molar-refractivity contribution in [3.05, 3.63) is 53.9 Å². The standard InChI is InChI=1S/C21H23F2N3O3S/c1-2-26-19-8-7-16(30(27,28)25-10-4-3-5-11-25)13-18(19)24-21(26)14-29-20-9-6-15(22)12-17(20)23/h6-9,12-13H,2-5,10-11,14H2,1H3. The van der Waals surface area contributed by atoms with Gasteiger partial charge in [0.2, 0.25) is 10.0 Å². The third-order valence-electron chi connectivity index (χ3n) is 5.32. The number of benzene rings is 2. The molecule has 0 radical (unpaired) electrons. The minimum absolute atomic E-state index is 0.0285. The highest BCUT2D eigenvalue weighted by atomic mass is 32.2. The molecule has 2 heterocycles. The second-order valence-electron chi connectivity index (χ2n) is 7.25. The van der Waals surface area contributed by atoms with E-state index in [0.29, 0.717) is 31.0 Å². The minimum atomic E-state index is -3.56. The average Bonchev–Trinajstić information content (AvgIpc) is 3.10. The summed E-state index contributed by atoms with van der Waals surface area (Å²) in [4.78, 5) is 4.74. The molecule has 9 heteroatoms. The Morgan fingerprint density at radius 1 is 1.07 bits per heavy atom. The van der Waals surface area contributed by atoms with E-state index in [1.807, 2.05) is 11.5 Å². The van der Waals surface area contributed by atoms with Crippen LogP contribution in [0, 0.1) is 11.6 Å². The van der Waals surface area contributed by atoms with E-state index < -0.39 is 21.7 Å². The Kier molecular flexibility index (Phi) is 5.75. The Bertz CT molecular complexity index is 1170. The van der Waals surface area contributed by atoms with Crippen LogP contribution in [0.2, 0.25) is 0 Å². The lowest BCUT2D eigenvalue weighted by molar-refractivity contribution is 0.275. The summed E-state index contributed by atoms with van der Waals surface area (Å²) in [6, 6.07) is 8.03. The van der Waals surface area contributed by atoms with Gasteiger partial charge in [-0.05, 0) is 50.1 Å².